The number of benzene rings is 2. The molecule has 0 N–H and O–H groups in total. The van der Waals surface area contributed by atoms with Crippen molar-refractivity contribution in [3.8, 4) is 5.75 Å². The first kappa shape index (κ1) is 19.4. The zero-order valence-electron chi connectivity index (χ0n) is 15.8. The minimum atomic E-state index is -0.450. The zero-order chi connectivity index (χ0) is 19.9. The van der Waals surface area contributed by atoms with E-state index in [2.05, 4.69) is 5.16 Å². The van der Waals surface area contributed by atoms with Gasteiger partial charge in [-0.2, -0.15) is 0 Å². The molecule has 3 rings (SSSR count). The number of carbonyl (C=O) groups is 2. The Bertz CT molecular complexity index is 925. The molecule has 0 unspecified atom stereocenters. The molecular weight excluding hydrogens is 358 g/mol. The Kier molecular flexibility index (Phi) is 6.22. The second kappa shape index (κ2) is 8.99. The average molecular weight is 379 g/mol. The maximum atomic E-state index is 12.0. The highest BCUT2D eigenvalue weighted by molar-refractivity contribution is 5.97. The second-order valence-electron chi connectivity index (χ2n) is 6.36. The highest BCUT2D eigenvalue weighted by Crippen LogP contribution is 2.18. The fraction of sp³-hybridized carbons (Fsp3) is 0.227. The van der Waals surface area contributed by atoms with Crippen LogP contribution >= 0.6 is 0 Å². The van der Waals surface area contributed by atoms with Crippen molar-refractivity contribution >= 4 is 11.8 Å². The van der Waals surface area contributed by atoms with Gasteiger partial charge in [-0.15, -0.1) is 0 Å². The number of hydrogen-bond donors (Lipinski definition) is 0. The number of aryl methyl sites for hydroxylation is 2. The number of carbonyl (C=O) groups excluding carboxylic acids is 2. The molecule has 0 aliphatic rings. The van der Waals surface area contributed by atoms with Gasteiger partial charge in [0.1, 0.15) is 18.1 Å². The van der Waals surface area contributed by atoms with E-state index in [1.165, 1.54) is 0 Å². The molecule has 0 saturated heterocycles. The van der Waals surface area contributed by atoms with E-state index in [4.69, 9.17) is 14.0 Å². The molecule has 0 aliphatic carbocycles. The molecule has 3 aromatic rings. The van der Waals surface area contributed by atoms with Gasteiger partial charge in [0.25, 0.3) is 0 Å². The van der Waals surface area contributed by atoms with Crippen molar-refractivity contribution in [3.05, 3.63) is 82.7 Å². The van der Waals surface area contributed by atoms with Crippen LogP contribution in [0, 0.1) is 13.8 Å². The highest BCUT2D eigenvalue weighted by Gasteiger charge is 2.11. The molecule has 1 aromatic heterocycles. The van der Waals surface area contributed by atoms with Gasteiger partial charge in [0.2, 0.25) is 0 Å². The summed E-state index contributed by atoms with van der Waals surface area (Å²) in [5, 5.41) is 3.89. The molecule has 0 fully saturated rings. The average Bonchev–Trinajstić information content (AvgIpc) is 3.04. The van der Waals surface area contributed by atoms with E-state index >= 15 is 0 Å². The van der Waals surface area contributed by atoms with Crippen LogP contribution in [0.15, 0.2) is 59.1 Å². The summed E-state index contributed by atoms with van der Waals surface area (Å²) in [5.74, 6) is 0.740. The van der Waals surface area contributed by atoms with Crippen molar-refractivity contribution in [1.82, 2.24) is 5.16 Å². The summed E-state index contributed by atoms with van der Waals surface area (Å²) in [6, 6.07) is 15.9. The Hall–Kier alpha value is -3.41. The maximum absolute atomic E-state index is 12.0. The van der Waals surface area contributed by atoms with E-state index in [0.29, 0.717) is 17.9 Å². The Labute approximate surface area is 163 Å². The number of aromatic nitrogens is 1. The molecular formula is C22H21NO5. The van der Waals surface area contributed by atoms with Crippen molar-refractivity contribution in [1.29, 1.82) is 0 Å². The van der Waals surface area contributed by atoms with Crippen LogP contribution < -0.4 is 4.74 Å². The second-order valence-corrected chi connectivity index (χ2v) is 6.36. The van der Waals surface area contributed by atoms with E-state index in [1.807, 2.05) is 19.9 Å². The summed E-state index contributed by atoms with van der Waals surface area (Å²) >= 11 is 0. The molecule has 2 aromatic carbocycles. The minimum Gasteiger partial charge on any atom is -0.489 e. The van der Waals surface area contributed by atoms with Crippen molar-refractivity contribution in [2.75, 3.05) is 6.61 Å². The SMILES string of the molecule is Cc1noc(C)c1COc1ccc(CC(=O)OCC(=O)c2ccccc2)cc1. The minimum absolute atomic E-state index is 0.0895. The van der Waals surface area contributed by atoms with Crippen molar-refractivity contribution < 1.29 is 23.6 Å². The van der Waals surface area contributed by atoms with Gasteiger partial charge in [0.15, 0.2) is 12.4 Å². The third-order valence-electron chi connectivity index (χ3n) is 4.30. The first-order chi connectivity index (χ1) is 13.5. The number of hydrogen-bond acceptors (Lipinski definition) is 6. The molecule has 0 spiro atoms. The van der Waals surface area contributed by atoms with Gasteiger partial charge in [0.05, 0.1) is 17.7 Å². The van der Waals surface area contributed by atoms with Gasteiger partial charge in [-0.05, 0) is 31.5 Å². The lowest BCUT2D eigenvalue weighted by atomic mass is 10.1. The Morgan fingerprint density at radius 3 is 2.36 bits per heavy atom. The molecule has 1 heterocycles. The molecule has 0 bridgehead atoms. The van der Waals surface area contributed by atoms with Gasteiger partial charge in [-0.25, -0.2) is 0 Å². The lowest BCUT2D eigenvalue weighted by Gasteiger charge is -2.07. The van der Waals surface area contributed by atoms with E-state index < -0.39 is 5.97 Å². The van der Waals surface area contributed by atoms with Crippen LogP contribution in [0.3, 0.4) is 0 Å². The molecule has 0 aliphatic heterocycles. The highest BCUT2D eigenvalue weighted by atomic mass is 16.5. The van der Waals surface area contributed by atoms with Crippen LogP contribution in [0.5, 0.6) is 5.75 Å². The van der Waals surface area contributed by atoms with E-state index in [0.717, 1.165) is 22.6 Å². The Morgan fingerprint density at radius 2 is 1.71 bits per heavy atom. The fourth-order valence-electron chi connectivity index (χ4n) is 2.64. The summed E-state index contributed by atoms with van der Waals surface area (Å²) in [4.78, 5) is 23.9. The van der Waals surface area contributed by atoms with E-state index in [-0.39, 0.29) is 18.8 Å². The quantitative estimate of drug-likeness (QED) is 0.437. The predicted octanol–water partition coefficient (Wildman–Crippen LogP) is 3.84. The van der Waals surface area contributed by atoms with Crippen LogP contribution in [-0.4, -0.2) is 23.5 Å². The van der Waals surface area contributed by atoms with Crippen molar-refractivity contribution in [3.63, 3.8) is 0 Å². The molecule has 0 amide bonds. The fourth-order valence-corrected chi connectivity index (χ4v) is 2.64. The predicted molar refractivity (Wildman–Crippen MR) is 102 cm³/mol. The standard InChI is InChI=1S/C22H21NO5/c1-15-20(16(2)28-23-15)13-26-19-10-8-17(9-11-19)12-22(25)27-14-21(24)18-6-4-3-5-7-18/h3-11H,12-14H2,1-2H3. The summed E-state index contributed by atoms with van der Waals surface area (Å²) < 4.78 is 15.9. The van der Waals surface area contributed by atoms with Crippen LogP contribution in [0.1, 0.15) is 32.9 Å². The number of Topliss-reactive ketones (excluding diaryl/α,β-unsaturated/α-hetero) is 1. The molecule has 6 heteroatoms. The third kappa shape index (κ3) is 5.07. The van der Waals surface area contributed by atoms with Crippen molar-refractivity contribution in [2.24, 2.45) is 0 Å². The lowest BCUT2D eigenvalue weighted by Crippen LogP contribution is -2.15. The summed E-state index contributed by atoms with van der Waals surface area (Å²) in [6.07, 6.45) is 0.0895. The summed E-state index contributed by atoms with van der Waals surface area (Å²) in [7, 11) is 0. The summed E-state index contributed by atoms with van der Waals surface area (Å²) in [5.41, 5.74) is 3.04. The maximum Gasteiger partial charge on any atom is 0.310 e. The van der Waals surface area contributed by atoms with Crippen LogP contribution in [0.4, 0.5) is 0 Å². The molecule has 0 atom stereocenters. The Balaban J connectivity index is 1.47. The van der Waals surface area contributed by atoms with Gasteiger partial charge < -0.3 is 14.0 Å². The topological polar surface area (TPSA) is 78.6 Å². The van der Waals surface area contributed by atoms with Crippen molar-refractivity contribution in [2.45, 2.75) is 26.9 Å². The van der Waals surface area contributed by atoms with Gasteiger partial charge in [-0.1, -0.05) is 47.6 Å². The normalized spacial score (nSPS) is 10.5. The number of ether oxygens (including phenoxy) is 2. The van der Waals surface area contributed by atoms with E-state index in [9.17, 15) is 9.59 Å². The number of ketones is 1. The smallest absolute Gasteiger partial charge is 0.310 e. The molecule has 28 heavy (non-hydrogen) atoms. The first-order valence-electron chi connectivity index (χ1n) is 8.90. The van der Waals surface area contributed by atoms with Gasteiger partial charge >= 0.3 is 5.97 Å². The molecule has 144 valence electrons. The first-order valence-corrected chi connectivity index (χ1v) is 8.90. The number of esters is 1. The third-order valence-corrected chi connectivity index (χ3v) is 4.30. The largest absolute Gasteiger partial charge is 0.489 e. The van der Waals surface area contributed by atoms with Crippen LogP contribution in [0.2, 0.25) is 0 Å². The van der Waals surface area contributed by atoms with E-state index in [1.54, 1.807) is 48.5 Å². The van der Waals surface area contributed by atoms with Gasteiger partial charge in [-0.3, -0.25) is 9.59 Å². The molecule has 6 nitrogen and oxygen atoms in total. The molecule has 0 radical (unpaired) electrons. The lowest BCUT2D eigenvalue weighted by molar-refractivity contribution is -0.141. The monoisotopic (exact) mass is 379 g/mol. The van der Waals surface area contributed by atoms with Crippen LogP contribution in [0.25, 0.3) is 0 Å². The zero-order valence-corrected chi connectivity index (χ0v) is 15.8. The number of rotatable bonds is 8. The molecule has 0 saturated carbocycles. The Morgan fingerprint density at radius 1 is 1.00 bits per heavy atom. The van der Waals surface area contributed by atoms with Gasteiger partial charge in [0, 0.05) is 5.56 Å². The summed E-state index contributed by atoms with van der Waals surface area (Å²) in [6.45, 7) is 3.81. The number of nitrogens with zero attached hydrogens (tertiary/aromatic N) is 1. The van der Waals surface area contributed by atoms with Crippen LogP contribution in [-0.2, 0) is 22.6 Å².